The van der Waals surface area contributed by atoms with Gasteiger partial charge in [-0.2, -0.15) is 0 Å². The summed E-state index contributed by atoms with van der Waals surface area (Å²) in [5.41, 5.74) is 0. The highest BCUT2D eigenvalue weighted by Crippen LogP contribution is 2.50. The van der Waals surface area contributed by atoms with Crippen LogP contribution in [0.1, 0.15) is 152 Å². The molecule has 28 unspecified atom stereocenters. The molecule has 0 aromatic carbocycles. The SMILES string of the molecule is C=CC(=O)N1CCN(C2NC(=O)N3C4NC(C(F)CC42)C2C(F)CC(CC(C)C4NCCC5C(OC(=O)C6CC6)C(OC(=O)C6CC6)COC6CCCC(F)C6C6NC7C(CC6F)C(N6CCN(C(=O)C=C)C[C@@H]6C)NC(=O)N7C54)CC2OCC(OC(=O)C(C)C)C(OC(=O)C(C)C)C2CCNC(C(C)C)C23)[C@@H](C)C1. The number of piperazine rings is 2. The Labute approximate surface area is 645 Å². The largest absolute Gasteiger partial charge is 0.458 e. The number of urea groups is 2. The quantitative estimate of drug-likeness (QED) is 0.0456. The third kappa shape index (κ3) is 16.2. The average molecular weight is 1550 g/mol. The molecule has 4 bridgehead atoms. The summed E-state index contributed by atoms with van der Waals surface area (Å²) in [5.74, 6) is -11.0. The number of carbonyl (C=O) groups excluding carboxylic acids is 8. The van der Waals surface area contributed by atoms with Crippen LogP contribution >= 0.6 is 0 Å². The van der Waals surface area contributed by atoms with Crippen LogP contribution in [0, 0.1) is 76.9 Å². The molecule has 30 atom stereocenters. The van der Waals surface area contributed by atoms with Gasteiger partial charge in [-0.15, -0.1) is 0 Å². The molecule has 110 heavy (non-hydrogen) atoms. The minimum Gasteiger partial charge on any atom is -0.458 e. The molecule has 10 saturated heterocycles. The van der Waals surface area contributed by atoms with E-state index < -0.39 is 236 Å². The summed E-state index contributed by atoms with van der Waals surface area (Å²) < 4.78 is 113. The molecule has 4 aliphatic carbocycles. The van der Waals surface area contributed by atoms with Gasteiger partial charge in [-0.05, 0) is 147 Å². The van der Waals surface area contributed by atoms with Crippen LogP contribution in [0.4, 0.5) is 27.2 Å². The van der Waals surface area contributed by atoms with Crippen LogP contribution in [0.15, 0.2) is 25.3 Å². The molecule has 0 aromatic rings. The van der Waals surface area contributed by atoms with Crippen molar-refractivity contribution < 1.29 is 84.3 Å². The Morgan fingerprint density at radius 3 is 1.50 bits per heavy atom. The van der Waals surface area contributed by atoms with Crippen LogP contribution in [-0.2, 0) is 57.2 Å². The maximum Gasteiger partial charge on any atom is 0.320 e. The van der Waals surface area contributed by atoms with Crippen molar-refractivity contribution in [2.75, 3.05) is 65.6 Å². The molecule has 0 radical (unpaired) electrons. The zero-order valence-corrected chi connectivity index (χ0v) is 65.7. The molecular weight excluding hydrogens is 1430 g/mol. The molecule has 10 heterocycles. The van der Waals surface area contributed by atoms with E-state index in [-0.39, 0.29) is 81.4 Å². The van der Waals surface area contributed by atoms with Crippen molar-refractivity contribution in [2.45, 2.75) is 287 Å². The molecule has 26 nitrogen and oxygen atoms in total. The van der Waals surface area contributed by atoms with E-state index in [0.29, 0.717) is 97.3 Å². The molecule has 10 aliphatic heterocycles. The van der Waals surface area contributed by atoms with Gasteiger partial charge in [0.25, 0.3) is 0 Å². The van der Waals surface area contributed by atoms with Gasteiger partial charge >= 0.3 is 35.9 Å². The number of amides is 6. The Hall–Kier alpha value is -5.76. The predicted molar refractivity (Wildman–Crippen MR) is 395 cm³/mol. The fraction of sp³-hybridized carbons (Fsp3) is 0.850. The van der Waals surface area contributed by atoms with E-state index in [0.717, 1.165) is 0 Å². The fourth-order valence-corrected chi connectivity index (χ4v) is 21.9. The van der Waals surface area contributed by atoms with Gasteiger partial charge in [-0.25, -0.2) is 27.2 Å². The molecular formula is C80H122F4N12O14. The molecule has 6 N–H and O–H groups in total. The van der Waals surface area contributed by atoms with Crippen molar-refractivity contribution >= 4 is 47.8 Å². The molecule has 30 heteroatoms. The Balaban J connectivity index is 0.845. The minimum atomic E-state index is -1.76. The fourth-order valence-electron chi connectivity index (χ4n) is 21.9. The Bertz CT molecular complexity index is 3380. The van der Waals surface area contributed by atoms with Crippen molar-refractivity contribution in [3.05, 3.63) is 25.3 Å². The standard InChI is InChI=1S/C80H122F4N12O14/c1-12-59(97)91-25-27-93(42(10)34-91)71-49-33-54(84)66-62-52(82)30-44(31-56(62)106-37-57(107-75(99)39(5)6)69(109-76(100)40(7)8)47-21-23-85-63(38(3)4)67(47)95(73(49)88-66)79(103)89-71)29-41(9)64-68-48(22-24-86-64)70(110-78(102)46-19-20-46)58(108-77(101)45-17-18-45)36-105-55-16-14-15-51(81)61(55)65-53(83)32-50-72(90-80(104)96(68)74(50)87-65)94-28-26-92(35-43(94)11)60(98)13-2/h12-13,38-58,61-74,85-88H,1-2,14-37H2,3-11H3,(H,89,103)(H,90,104)/t41?,42-,43-,44?,47?,48?,49?,50?,51?,52?,53?,54?,55?,56?,57?,58?,61?,62?,63?,64?,65?,66?,67?,68?,69?,70?,71?,72?,73?,74?/m0/s1. The number of carbonyl (C=O) groups is 8. The Kier molecular flexibility index (Phi) is 24.7. The van der Waals surface area contributed by atoms with E-state index in [2.05, 4.69) is 54.9 Å². The van der Waals surface area contributed by atoms with E-state index >= 15 is 27.2 Å². The van der Waals surface area contributed by atoms with Gasteiger partial charge in [0, 0.05) is 111 Å². The second-order valence-corrected chi connectivity index (χ2v) is 36.0. The summed E-state index contributed by atoms with van der Waals surface area (Å²) in [6, 6.07) is -6.89. The molecule has 0 spiro atoms. The number of esters is 4. The van der Waals surface area contributed by atoms with E-state index in [1.807, 2.05) is 34.6 Å². The number of rotatable bonds is 16. The predicted octanol–water partition coefficient (Wildman–Crippen LogP) is 5.87. The Morgan fingerprint density at radius 1 is 0.527 bits per heavy atom. The summed E-state index contributed by atoms with van der Waals surface area (Å²) in [7, 11) is 0. The maximum atomic E-state index is 19.0. The van der Waals surface area contributed by atoms with Crippen molar-refractivity contribution in [2.24, 2.45) is 76.9 Å². The lowest BCUT2D eigenvalue weighted by atomic mass is 9.67. The van der Waals surface area contributed by atoms with Crippen molar-refractivity contribution in [3.8, 4) is 0 Å². The molecule has 14 rings (SSSR count). The van der Waals surface area contributed by atoms with Crippen LogP contribution in [-0.4, -0.2) is 277 Å². The molecule has 6 amide bonds. The molecule has 14 fully saturated rings. The van der Waals surface area contributed by atoms with Crippen LogP contribution in [0.5, 0.6) is 0 Å². The molecule has 14 aliphatic rings. The highest BCUT2D eigenvalue weighted by atomic mass is 19.1. The normalized spacial score (nSPS) is 42.3. The lowest BCUT2D eigenvalue weighted by Gasteiger charge is -2.61. The van der Waals surface area contributed by atoms with E-state index in [1.54, 1.807) is 47.3 Å². The molecule has 4 saturated carbocycles. The summed E-state index contributed by atoms with van der Waals surface area (Å²) in [5, 5.41) is 21.6. The Morgan fingerprint density at radius 2 is 1.00 bits per heavy atom. The summed E-state index contributed by atoms with van der Waals surface area (Å²) in [6.07, 6.45) is -10.3. The molecule has 0 aromatic heterocycles. The number of hydrogen-bond acceptors (Lipinski definition) is 20. The number of hydrogen-bond donors (Lipinski definition) is 6. The van der Waals surface area contributed by atoms with Crippen molar-refractivity contribution in [1.29, 1.82) is 0 Å². The van der Waals surface area contributed by atoms with Crippen molar-refractivity contribution in [1.82, 2.24) is 61.3 Å². The van der Waals surface area contributed by atoms with Gasteiger partial charge in [0.05, 0.1) is 85.8 Å². The number of nitrogens with zero attached hydrogens (tertiary/aromatic N) is 6. The van der Waals surface area contributed by atoms with Crippen LogP contribution in [0.2, 0.25) is 0 Å². The second kappa shape index (κ2) is 33.6. The van der Waals surface area contributed by atoms with E-state index in [1.165, 1.54) is 12.2 Å². The zero-order chi connectivity index (χ0) is 78.2. The second-order valence-electron chi connectivity index (χ2n) is 36.0. The smallest absolute Gasteiger partial charge is 0.320 e. The summed E-state index contributed by atoms with van der Waals surface area (Å²) >= 11 is 0. The lowest BCUT2D eigenvalue weighted by Crippen LogP contribution is -2.80. The third-order valence-electron chi connectivity index (χ3n) is 27.7. The maximum absolute atomic E-state index is 19.0. The summed E-state index contributed by atoms with van der Waals surface area (Å²) in [6.45, 7) is 26.2. The van der Waals surface area contributed by atoms with Gasteiger partial charge in [0.15, 0.2) is 12.2 Å². The highest BCUT2D eigenvalue weighted by molar-refractivity contribution is 5.87. The lowest BCUT2D eigenvalue weighted by molar-refractivity contribution is -0.198. The zero-order valence-electron chi connectivity index (χ0n) is 65.7. The van der Waals surface area contributed by atoms with Crippen LogP contribution in [0.25, 0.3) is 0 Å². The van der Waals surface area contributed by atoms with E-state index in [9.17, 15) is 28.8 Å². The number of fused-ring (bicyclic) bond motifs is 10. The number of piperidine rings is 4. The topological polar surface area (TPSA) is 284 Å². The van der Waals surface area contributed by atoms with Gasteiger partial charge < -0.3 is 69.3 Å². The minimum absolute atomic E-state index is 0.0795. The van der Waals surface area contributed by atoms with Gasteiger partial charge in [0.1, 0.15) is 36.9 Å². The van der Waals surface area contributed by atoms with Crippen LogP contribution < -0.4 is 31.9 Å². The number of alkyl halides is 4. The number of halogens is 4. The first-order valence-corrected chi connectivity index (χ1v) is 41.7. The monoisotopic (exact) mass is 1550 g/mol. The van der Waals surface area contributed by atoms with Crippen LogP contribution in [0.3, 0.4) is 0 Å². The van der Waals surface area contributed by atoms with E-state index in [4.69, 9.17) is 28.4 Å². The summed E-state index contributed by atoms with van der Waals surface area (Å²) in [4.78, 5) is 127. The first kappa shape index (κ1) is 80.8. The number of nitrogens with one attached hydrogen (secondary N) is 6. The van der Waals surface area contributed by atoms with Gasteiger partial charge in [-0.3, -0.25) is 49.2 Å². The average Bonchev–Trinajstić information content (AvgIpc) is 1.01. The molecule has 614 valence electrons. The highest BCUT2D eigenvalue weighted by Gasteiger charge is 2.64. The number of ether oxygens (including phenoxy) is 6. The van der Waals surface area contributed by atoms with Gasteiger partial charge in [0.2, 0.25) is 11.8 Å². The van der Waals surface area contributed by atoms with Crippen molar-refractivity contribution in [3.63, 3.8) is 0 Å². The third-order valence-corrected chi connectivity index (χ3v) is 27.7. The first-order chi connectivity index (χ1) is 52.6. The van der Waals surface area contributed by atoms with Gasteiger partial charge in [-0.1, -0.05) is 61.6 Å². The first-order valence-electron chi connectivity index (χ1n) is 41.7.